The fourth-order valence-corrected chi connectivity index (χ4v) is 2.31. The van der Waals surface area contributed by atoms with Crippen LogP contribution in [0.3, 0.4) is 0 Å². The third-order valence-electron chi connectivity index (χ3n) is 2.24. The minimum atomic E-state index is -0.788. The third-order valence-corrected chi connectivity index (χ3v) is 3.12. The normalized spacial score (nSPS) is 10.6. The Morgan fingerprint density at radius 2 is 2.44 bits per heavy atom. The topological polar surface area (TPSA) is 66.0 Å². The highest BCUT2D eigenvalue weighted by atomic mass is 32.1. The van der Waals surface area contributed by atoms with Crippen LogP contribution in [-0.2, 0) is 11.2 Å². The van der Waals surface area contributed by atoms with Crippen molar-refractivity contribution in [2.45, 2.75) is 19.8 Å². The number of carbonyl (C=O) groups is 1. The van der Waals surface area contributed by atoms with Crippen molar-refractivity contribution in [2.24, 2.45) is 0 Å². The van der Waals surface area contributed by atoms with Gasteiger partial charge in [0.1, 0.15) is 11.5 Å². The molecule has 0 unspecified atom stereocenters. The van der Waals surface area contributed by atoms with Crippen LogP contribution in [0.4, 0.5) is 0 Å². The van der Waals surface area contributed by atoms with Crippen LogP contribution in [-0.4, -0.2) is 21.0 Å². The molecule has 0 aliphatic heterocycles. The van der Waals surface area contributed by atoms with Gasteiger partial charge in [-0.3, -0.25) is 4.79 Å². The molecule has 0 bridgehead atoms. The largest absolute Gasteiger partial charge is 0.481 e. The molecule has 16 heavy (non-hydrogen) atoms. The van der Waals surface area contributed by atoms with Gasteiger partial charge in [-0.25, -0.2) is 4.98 Å². The first-order chi connectivity index (χ1) is 7.66. The average molecular weight is 236 g/mol. The van der Waals surface area contributed by atoms with Gasteiger partial charge in [-0.2, -0.15) is 0 Å². The molecule has 2 aromatic heterocycles. The summed E-state index contributed by atoms with van der Waals surface area (Å²) in [5, 5.41) is 10.7. The van der Waals surface area contributed by atoms with Gasteiger partial charge in [-0.05, 0) is 18.4 Å². The first-order valence-corrected chi connectivity index (χ1v) is 5.86. The molecule has 0 aliphatic rings. The summed E-state index contributed by atoms with van der Waals surface area (Å²) >= 11 is 1.61. The van der Waals surface area contributed by atoms with Crippen molar-refractivity contribution in [1.82, 2.24) is 9.97 Å². The maximum Gasteiger partial charge on any atom is 0.303 e. The molecule has 0 aromatic carbocycles. The maximum atomic E-state index is 10.5. The van der Waals surface area contributed by atoms with Gasteiger partial charge in [0.15, 0.2) is 0 Å². The molecule has 0 spiro atoms. The lowest BCUT2D eigenvalue weighted by atomic mass is 10.2. The van der Waals surface area contributed by atoms with Gasteiger partial charge in [-0.1, -0.05) is 6.07 Å². The minimum absolute atomic E-state index is 0.125. The SMILES string of the molecule is Cc1nc(-c2cccs2)c(CCC(=O)O)[nH]1. The van der Waals surface area contributed by atoms with Crippen molar-refractivity contribution in [2.75, 3.05) is 0 Å². The second-order valence-electron chi connectivity index (χ2n) is 3.52. The molecule has 0 amide bonds. The molecule has 2 rings (SSSR count). The standard InChI is InChI=1S/C11H12N2O2S/c1-7-12-8(4-5-10(14)15)11(13-7)9-3-2-6-16-9/h2-3,6H,4-5H2,1H3,(H,12,13)(H,14,15). The summed E-state index contributed by atoms with van der Waals surface area (Å²) in [6, 6.07) is 3.95. The third kappa shape index (κ3) is 2.30. The Morgan fingerprint density at radius 3 is 3.06 bits per heavy atom. The van der Waals surface area contributed by atoms with Gasteiger partial charge >= 0.3 is 5.97 Å². The lowest BCUT2D eigenvalue weighted by molar-refractivity contribution is -0.136. The van der Waals surface area contributed by atoms with E-state index in [1.807, 2.05) is 24.4 Å². The van der Waals surface area contributed by atoms with Crippen LogP contribution in [0, 0.1) is 6.92 Å². The molecule has 0 fully saturated rings. The molecule has 0 saturated carbocycles. The highest BCUT2D eigenvalue weighted by molar-refractivity contribution is 7.13. The van der Waals surface area contributed by atoms with E-state index in [1.165, 1.54) is 0 Å². The smallest absolute Gasteiger partial charge is 0.303 e. The lowest BCUT2D eigenvalue weighted by Gasteiger charge is -1.97. The van der Waals surface area contributed by atoms with E-state index in [1.54, 1.807) is 11.3 Å². The highest BCUT2D eigenvalue weighted by Crippen LogP contribution is 2.26. The Hall–Kier alpha value is -1.62. The van der Waals surface area contributed by atoms with E-state index in [2.05, 4.69) is 9.97 Å². The zero-order valence-electron chi connectivity index (χ0n) is 8.86. The number of carboxylic acid groups (broad SMARTS) is 1. The summed E-state index contributed by atoms with van der Waals surface area (Å²) in [6.45, 7) is 1.88. The van der Waals surface area contributed by atoms with Crippen LogP contribution in [0.15, 0.2) is 17.5 Å². The summed E-state index contributed by atoms with van der Waals surface area (Å²) in [6.07, 6.45) is 0.614. The van der Waals surface area contributed by atoms with Crippen molar-refractivity contribution in [1.29, 1.82) is 0 Å². The molecule has 0 aliphatic carbocycles. The van der Waals surface area contributed by atoms with Crippen LogP contribution in [0.25, 0.3) is 10.6 Å². The van der Waals surface area contributed by atoms with Crippen LogP contribution >= 0.6 is 11.3 Å². The zero-order chi connectivity index (χ0) is 11.5. The lowest BCUT2D eigenvalue weighted by Crippen LogP contribution is -1.98. The van der Waals surface area contributed by atoms with Crippen LogP contribution in [0.5, 0.6) is 0 Å². The van der Waals surface area contributed by atoms with E-state index in [0.717, 1.165) is 22.1 Å². The van der Waals surface area contributed by atoms with Gasteiger partial charge < -0.3 is 10.1 Å². The quantitative estimate of drug-likeness (QED) is 0.857. The van der Waals surface area contributed by atoms with Crippen LogP contribution in [0.2, 0.25) is 0 Å². The number of rotatable bonds is 4. The van der Waals surface area contributed by atoms with E-state index in [9.17, 15) is 4.79 Å². The molecule has 0 saturated heterocycles. The first-order valence-electron chi connectivity index (χ1n) is 4.98. The van der Waals surface area contributed by atoms with Crippen molar-refractivity contribution in [3.8, 4) is 10.6 Å². The van der Waals surface area contributed by atoms with E-state index < -0.39 is 5.97 Å². The van der Waals surface area contributed by atoms with E-state index in [4.69, 9.17) is 5.11 Å². The number of imidazole rings is 1. The van der Waals surface area contributed by atoms with Crippen LogP contribution < -0.4 is 0 Å². The van der Waals surface area contributed by atoms with Gasteiger partial charge in [0, 0.05) is 12.1 Å². The number of aliphatic carboxylic acids is 1. The van der Waals surface area contributed by atoms with Gasteiger partial charge in [-0.15, -0.1) is 11.3 Å². The molecule has 2 aromatic rings. The number of aryl methyl sites for hydroxylation is 2. The van der Waals surface area contributed by atoms with Crippen molar-refractivity contribution >= 4 is 17.3 Å². The predicted octanol–water partition coefficient (Wildman–Crippen LogP) is 2.46. The van der Waals surface area contributed by atoms with Crippen molar-refractivity contribution in [3.05, 3.63) is 29.0 Å². The number of H-pyrrole nitrogens is 1. The number of thiophene rings is 1. The Kier molecular flexibility index (Phi) is 3.05. The fourth-order valence-electron chi connectivity index (χ4n) is 1.57. The van der Waals surface area contributed by atoms with Crippen molar-refractivity contribution in [3.63, 3.8) is 0 Å². The van der Waals surface area contributed by atoms with Gasteiger partial charge in [0.25, 0.3) is 0 Å². The van der Waals surface area contributed by atoms with Crippen molar-refractivity contribution < 1.29 is 9.90 Å². The second-order valence-corrected chi connectivity index (χ2v) is 4.47. The molecule has 0 atom stereocenters. The summed E-state index contributed by atoms with van der Waals surface area (Å²) in [4.78, 5) is 19.1. The Morgan fingerprint density at radius 1 is 1.62 bits per heavy atom. The summed E-state index contributed by atoms with van der Waals surface area (Å²) in [5.74, 6) is 0.0353. The second kappa shape index (κ2) is 4.49. The summed E-state index contributed by atoms with van der Waals surface area (Å²) in [5.41, 5.74) is 1.79. The van der Waals surface area contributed by atoms with E-state index >= 15 is 0 Å². The fraction of sp³-hybridized carbons (Fsp3) is 0.273. The molecule has 2 N–H and O–H groups in total. The van der Waals surface area contributed by atoms with Crippen LogP contribution in [0.1, 0.15) is 17.9 Å². The number of aromatic amines is 1. The zero-order valence-corrected chi connectivity index (χ0v) is 9.67. The number of nitrogens with zero attached hydrogens (tertiary/aromatic N) is 1. The number of hydrogen-bond donors (Lipinski definition) is 2. The minimum Gasteiger partial charge on any atom is -0.481 e. The summed E-state index contributed by atoms with van der Waals surface area (Å²) < 4.78 is 0. The predicted molar refractivity (Wildman–Crippen MR) is 62.6 cm³/mol. The van der Waals surface area contributed by atoms with Gasteiger partial charge in [0.05, 0.1) is 11.3 Å². The van der Waals surface area contributed by atoms with E-state index in [0.29, 0.717) is 6.42 Å². The molecular weight excluding hydrogens is 224 g/mol. The molecule has 4 nitrogen and oxygen atoms in total. The Balaban J connectivity index is 2.27. The molecular formula is C11H12N2O2S. The maximum absolute atomic E-state index is 10.5. The molecule has 0 radical (unpaired) electrons. The Bertz CT molecular complexity index is 488. The average Bonchev–Trinajstić information content (AvgIpc) is 2.82. The molecule has 84 valence electrons. The summed E-state index contributed by atoms with van der Waals surface area (Å²) in [7, 11) is 0. The van der Waals surface area contributed by atoms with E-state index in [-0.39, 0.29) is 6.42 Å². The monoisotopic (exact) mass is 236 g/mol. The number of hydrogen-bond acceptors (Lipinski definition) is 3. The number of carboxylic acids is 1. The number of aromatic nitrogens is 2. The first kappa shape index (κ1) is 10.9. The van der Waals surface area contributed by atoms with Gasteiger partial charge in [0.2, 0.25) is 0 Å². The molecule has 5 heteroatoms. The Labute approximate surface area is 97.0 Å². The molecule has 2 heterocycles. The highest BCUT2D eigenvalue weighted by Gasteiger charge is 2.12. The number of nitrogens with one attached hydrogen (secondary N) is 1.